The number of amides is 1. The molecule has 0 aliphatic carbocycles. The van der Waals surface area contributed by atoms with Crippen molar-refractivity contribution in [3.05, 3.63) is 65.7 Å². The highest BCUT2D eigenvalue weighted by Gasteiger charge is 2.26. The van der Waals surface area contributed by atoms with Gasteiger partial charge in [-0.15, -0.1) is 10.2 Å². The van der Waals surface area contributed by atoms with Gasteiger partial charge in [0.05, 0.1) is 13.2 Å². The molecular weight excluding hydrogens is 469 g/mol. The number of hydrogen-bond donors (Lipinski definition) is 0. The van der Waals surface area contributed by atoms with Gasteiger partial charge in [-0.05, 0) is 88.0 Å². The molecule has 2 aliphatic heterocycles. The van der Waals surface area contributed by atoms with Gasteiger partial charge in [0.15, 0.2) is 5.82 Å². The predicted molar refractivity (Wildman–Crippen MR) is 141 cm³/mol. The molecule has 1 aromatic heterocycles. The normalized spacial score (nSPS) is 17.0. The molecule has 2 aliphatic rings. The molecule has 5 rings (SSSR count). The summed E-state index contributed by atoms with van der Waals surface area (Å²) in [5.41, 5.74) is 1.67. The number of aryl methyl sites for hydroxylation is 1. The number of nitrogens with zero attached hydrogens (tertiary/aromatic N) is 5. The van der Waals surface area contributed by atoms with E-state index in [4.69, 9.17) is 4.74 Å². The summed E-state index contributed by atoms with van der Waals surface area (Å²) in [6, 6.07) is 15.9. The first-order valence-corrected chi connectivity index (χ1v) is 13.2. The van der Waals surface area contributed by atoms with Crippen LogP contribution in [0, 0.1) is 12.8 Å². The minimum atomic E-state index is -1.14. The highest BCUT2D eigenvalue weighted by molar-refractivity contribution is 5.94. The van der Waals surface area contributed by atoms with Gasteiger partial charge in [-0.2, -0.15) is 0 Å². The van der Waals surface area contributed by atoms with Crippen molar-refractivity contribution >= 4 is 5.91 Å². The molecule has 196 valence electrons. The monoisotopic (exact) mass is 505 g/mol. The second-order valence-electron chi connectivity index (χ2n) is 10.9. The zero-order chi connectivity index (χ0) is 26.0. The number of benzene rings is 2. The molecule has 3 aromatic rings. The Morgan fingerprint density at radius 3 is 2.27 bits per heavy atom. The molecule has 2 aromatic carbocycles. The Kier molecular flexibility index (Phi) is 7.29. The molecule has 0 N–H and O–H groups in total. The maximum Gasteiger partial charge on any atom is 0.254 e. The topological polar surface area (TPSA) is 63.5 Å². The van der Waals surface area contributed by atoms with Crippen molar-refractivity contribution in [3.8, 4) is 16.9 Å². The maximum absolute atomic E-state index is 13.9. The van der Waals surface area contributed by atoms with Gasteiger partial charge in [0.25, 0.3) is 5.91 Å². The lowest BCUT2D eigenvalue weighted by Gasteiger charge is -2.34. The second kappa shape index (κ2) is 10.6. The molecule has 1 fully saturated rings. The van der Waals surface area contributed by atoms with Crippen molar-refractivity contribution in [2.45, 2.75) is 52.4 Å². The van der Waals surface area contributed by atoms with Crippen molar-refractivity contribution in [2.24, 2.45) is 5.92 Å². The van der Waals surface area contributed by atoms with Crippen molar-refractivity contribution in [1.29, 1.82) is 0 Å². The lowest BCUT2D eigenvalue weighted by molar-refractivity contribution is 0.0706. The second-order valence-corrected chi connectivity index (χ2v) is 10.9. The number of carbonyl (C=O) groups is 1. The molecule has 7 nitrogen and oxygen atoms in total. The third-order valence-electron chi connectivity index (χ3n) is 7.34. The van der Waals surface area contributed by atoms with Crippen molar-refractivity contribution in [3.63, 3.8) is 0 Å². The molecule has 0 atom stereocenters. The van der Waals surface area contributed by atoms with E-state index in [1.807, 2.05) is 48.2 Å². The van der Waals surface area contributed by atoms with Crippen molar-refractivity contribution in [1.82, 2.24) is 24.6 Å². The first kappa shape index (κ1) is 25.4. The molecule has 0 bridgehead atoms. The lowest BCUT2D eigenvalue weighted by Crippen LogP contribution is -2.41. The SMILES string of the molecule is Cc1nnc2n1CCN(C(=O)c1ccc(-c3ccc(OCC4CCN(CC(C)(C)F)CC4)cc3)cc1)C2. The van der Waals surface area contributed by atoms with Gasteiger partial charge in [-0.3, -0.25) is 4.79 Å². The van der Waals surface area contributed by atoms with Crippen molar-refractivity contribution < 1.29 is 13.9 Å². The summed E-state index contributed by atoms with van der Waals surface area (Å²) in [4.78, 5) is 17.1. The number of halogens is 1. The van der Waals surface area contributed by atoms with Gasteiger partial charge in [0.1, 0.15) is 17.2 Å². The summed E-state index contributed by atoms with van der Waals surface area (Å²) in [5.74, 6) is 3.10. The molecule has 0 spiro atoms. The standard InChI is InChI=1S/C29H36FN5O2/c1-21-31-32-27-18-34(16-17-35(21)27)28(36)25-6-4-23(5-7-25)24-8-10-26(11-9-24)37-19-22-12-14-33(15-13-22)20-29(2,3)30/h4-11,22H,12-20H2,1-3H3. The van der Waals surface area contributed by atoms with Gasteiger partial charge in [-0.25, -0.2) is 4.39 Å². The Bertz CT molecular complexity index is 1210. The van der Waals surface area contributed by atoms with Crippen LogP contribution in [0.5, 0.6) is 5.75 Å². The van der Waals surface area contributed by atoms with Gasteiger partial charge in [-0.1, -0.05) is 24.3 Å². The molecule has 1 saturated heterocycles. The Hall–Kier alpha value is -3.26. The molecule has 3 heterocycles. The predicted octanol–water partition coefficient (Wildman–Crippen LogP) is 4.75. The van der Waals surface area contributed by atoms with Gasteiger partial charge in [0, 0.05) is 25.2 Å². The third-order valence-corrected chi connectivity index (χ3v) is 7.34. The summed E-state index contributed by atoms with van der Waals surface area (Å²) < 4.78 is 22.0. The number of alkyl halides is 1. The number of fused-ring (bicyclic) bond motifs is 1. The zero-order valence-corrected chi connectivity index (χ0v) is 22.0. The summed E-state index contributed by atoms with van der Waals surface area (Å²) in [7, 11) is 0. The molecule has 8 heteroatoms. The Morgan fingerprint density at radius 1 is 0.973 bits per heavy atom. The van der Waals surface area contributed by atoms with Crippen molar-refractivity contribution in [2.75, 3.05) is 32.8 Å². The van der Waals surface area contributed by atoms with Crippen LogP contribution in [0.3, 0.4) is 0 Å². The summed E-state index contributed by atoms with van der Waals surface area (Å²) in [6.45, 7) is 10.1. The molecular formula is C29H36FN5O2. The number of ether oxygens (including phenoxy) is 1. The fourth-order valence-corrected chi connectivity index (χ4v) is 5.26. The Labute approximate surface area is 218 Å². The van der Waals surface area contributed by atoms with Crippen LogP contribution in [0.15, 0.2) is 48.5 Å². The average Bonchev–Trinajstić information content (AvgIpc) is 3.27. The highest BCUT2D eigenvalue weighted by atomic mass is 19.1. The van der Waals surface area contributed by atoms with Crippen LogP contribution >= 0.6 is 0 Å². The number of likely N-dealkylation sites (tertiary alicyclic amines) is 1. The van der Waals surface area contributed by atoms with E-state index >= 15 is 0 Å². The number of rotatable bonds is 7. The van der Waals surface area contributed by atoms with Crippen LogP contribution in [0.4, 0.5) is 4.39 Å². The van der Waals surface area contributed by atoms with Crippen LogP contribution in [0.1, 0.15) is 48.7 Å². The Morgan fingerprint density at radius 2 is 1.62 bits per heavy atom. The first-order valence-electron chi connectivity index (χ1n) is 13.2. The molecule has 0 saturated carbocycles. The van der Waals surface area contributed by atoms with Crippen LogP contribution in [-0.4, -0.2) is 68.9 Å². The van der Waals surface area contributed by atoms with Gasteiger partial charge >= 0.3 is 0 Å². The van der Waals surface area contributed by atoms with E-state index in [-0.39, 0.29) is 5.91 Å². The lowest BCUT2D eigenvalue weighted by atomic mass is 9.97. The van der Waals surface area contributed by atoms with Crippen LogP contribution < -0.4 is 4.74 Å². The molecule has 1 amide bonds. The number of aromatic nitrogens is 3. The van der Waals surface area contributed by atoms with E-state index in [1.165, 1.54) is 0 Å². The van der Waals surface area contributed by atoms with Crippen LogP contribution in [-0.2, 0) is 13.1 Å². The van der Waals surface area contributed by atoms with Crippen LogP contribution in [0.25, 0.3) is 11.1 Å². The summed E-state index contributed by atoms with van der Waals surface area (Å²) in [6.07, 6.45) is 2.08. The molecule has 37 heavy (non-hydrogen) atoms. The summed E-state index contributed by atoms with van der Waals surface area (Å²) >= 11 is 0. The van der Waals surface area contributed by atoms with E-state index in [1.54, 1.807) is 13.8 Å². The summed E-state index contributed by atoms with van der Waals surface area (Å²) in [5, 5.41) is 8.31. The van der Waals surface area contributed by atoms with E-state index in [9.17, 15) is 9.18 Å². The Balaban J connectivity index is 1.12. The largest absolute Gasteiger partial charge is 0.493 e. The quantitative estimate of drug-likeness (QED) is 0.464. The minimum Gasteiger partial charge on any atom is -0.493 e. The third kappa shape index (κ3) is 6.18. The van der Waals surface area contributed by atoms with E-state index in [0.717, 1.165) is 61.0 Å². The fraction of sp³-hybridized carbons (Fsp3) is 0.483. The fourth-order valence-electron chi connectivity index (χ4n) is 5.26. The number of piperidine rings is 1. The van der Waals surface area contributed by atoms with E-state index < -0.39 is 5.67 Å². The van der Waals surface area contributed by atoms with Gasteiger partial charge in [0.2, 0.25) is 0 Å². The smallest absolute Gasteiger partial charge is 0.254 e. The molecule has 0 unspecified atom stereocenters. The van der Waals surface area contributed by atoms with E-state index in [2.05, 4.69) is 31.8 Å². The number of hydrogen-bond acceptors (Lipinski definition) is 5. The average molecular weight is 506 g/mol. The minimum absolute atomic E-state index is 0.0152. The molecule has 0 radical (unpaired) electrons. The van der Waals surface area contributed by atoms with Crippen LogP contribution in [0.2, 0.25) is 0 Å². The zero-order valence-electron chi connectivity index (χ0n) is 22.0. The highest BCUT2D eigenvalue weighted by Crippen LogP contribution is 2.26. The number of carbonyl (C=O) groups excluding carboxylic acids is 1. The van der Waals surface area contributed by atoms with Gasteiger partial charge < -0.3 is 19.1 Å². The first-order chi connectivity index (χ1) is 17.7. The maximum atomic E-state index is 13.9. The van der Waals surface area contributed by atoms with E-state index in [0.29, 0.717) is 37.7 Å².